The van der Waals surface area contributed by atoms with E-state index in [-0.39, 0.29) is 44.1 Å². The number of nitrogens with two attached hydrogens (primary N) is 2. The summed E-state index contributed by atoms with van der Waals surface area (Å²) in [6, 6.07) is 14.7. The third-order valence-electron chi connectivity index (χ3n) is 9.49. The van der Waals surface area contributed by atoms with Crippen molar-refractivity contribution in [3.63, 3.8) is 0 Å². The van der Waals surface area contributed by atoms with Crippen LogP contribution in [-0.4, -0.2) is 101 Å². The monoisotopic (exact) mass is 698 g/mol. The summed E-state index contributed by atoms with van der Waals surface area (Å²) >= 11 is 0. The second-order valence-electron chi connectivity index (χ2n) is 13.2. The lowest BCUT2D eigenvalue weighted by Crippen LogP contribution is -2.58. The van der Waals surface area contributed by atoms with Gasteiger partial charge in [0, 0.05) is 33.0 Å². The summed E-state index contributed by atoms with van der Waals surface area (Å²) in [5.74, 6) is -2.73. The summed E-state index contributed by atoms with van der Waals surface area (Å²) in [5.41, 5.74) is 12.5. The summed E-state index contributed by atoms with van der Waals surface area (Å²) < 4.78 is 0. The molecule has 51 heavy (non-hydrogen) atoms. The highest BCUT2D eigenvalue weighted by Crippen LogP contribution is 2.23. The number of aliphatic imine (C=N–C) groups is 1. The van der Waals surface area contributed by atoms with Gasteiger partial charge in [0.2, 0.25) is 29.5 Å². The Hall–Kier alpha value is -5.66. The molecular formula is C37H46N8O6. The lowest BCUT2D eigenvalue weighted by Gasteiger charge is -2.32. The highest BCUT2D eigenvalue weighted by atomic mass is 16.3. The molecule has 2 aliphatic heterocycles. The first kappa shape index (κ1) is 36.6. The lowest BCUT2D eigenvalue weighted by molar-refractivity contribution is -0.144. The number of rotatable bonds is 8. The number of hydrogen-bond donors (Lipinski definition) is 6. The van der Waals surface area contributed by atoms with Crippen molar-refractivity contribution in [3.05, 3.63) is 77.9 Å². The number of nitrogens with zero attached hydrogens (tertiary/aromatic N) is 3. The Labute approximate surface area is 296 Å². The second kappa shape index (κ2) is 16.4. The van der Waals surface area contributed by atoms with E-state index in [0.717, 1.165) is 16.3 Å². The first-order chi connectivity index (χ1) is 24.4. The van der Waals surface area contributed by atoms with Crippen molar-refractivity contribution in [1.82, 2.24) is 25.8 Å². The van der Waals surface area contributed by atoms with Gasteiger partial charge in [-0.05, 0) is 66.6 Å². The Kier molecular flexibility index (Phi) is 11.7. The van der Waals surface area contributed by atoms with Crippen LogP contribution in [0.1, 0.15) is 43.7 Å². The normalized spacial score (nSPS) is 23.5. The molecule has 270 valence electrons. The van der Waals surface area contributed by atoms with Gasteiger partial charge < -0.3 is 42.3 Å². The van der Waals surface area contributed by atoms with Gasteiger partial charge >= 0.3 is 0 Å². The molecule has 14 nitrogen and oxygen atoms in total. The standard InChI is InChI=1S/C37H46N8O6/c1-22-35(50)44(2)30(9-5-17-40-37(38)39)33(48)43-29(21-24-11-14-25-7-3-4-8-26(25)19-24)36(51)45-18-6-10-31(45)34(49)42-28(32(47)41-22)20-23-12-15-27(46)16-13-23/h3-4,7-8,11-16,19,22,28-31,46H,5-6,9-10,17-18,20-21H2,1-2H3,(H,41,47)(H,42,49)(H,43,48)(H4,38,39,40)/t22-,28+,29-,30-,31-/m0/s1. The van der Waals surface area contributed by atoms with Gasteiger partial charge in [-0.1, -0.05) is 54.6 Å². The fourth-order valence-electron chi connectivity index (χ4n) is 6.75. The quantitative estimate of drug-likeness (QED) is 0.112. The number of carbonyl (C=O) groups excluding carboxylic acids is 5. The maximum absolute atomic E-state index is 14.4. The average molecular weight is 699 g/mol. The summed E-state index contributed by atoms with van der Waals surface area (Å²) in [6.07, 6.45) is 1.63. The first-order valence-electron chi connectivity index (χ1n) is 17.2. The Morgan fingerprint density at radius 3 is 2.22 bits per heavy atom. The van der Waals surface area contributed by atoms with Crippen molar-refractivity contribution in [2.75, 3.05) is 20.1 Å². The molecule has 8 N–H and O–H groups in total. The molecule has 5 amide bonds. The minimum absolute atomic E-state index is 0.0472. The van der Waals surface area contributed by atoms with Crippen molar-refractivity contribution in [2.45, 2.75) is 75.7 Å². The minimum atomic E-state index is -1.10. The fourth-order valence-corrected chi connectivity index (χ4v) is 6.75. The minimum Gasteiger partial charge on any atom is -0.508 e. The maximum atomic E-state index is 14.4. The number of guanidine groups is 1. The second-order valence-corrected chi connectivity index (χ2v) is 13.2. The zero-order valence-electron chi connectivity index (χ0n) is 28.9. The predicted molar refractivity (Wildman–Crippen MR) is 192 cm³/mol. The van der Waals surface area contributed by atoms with E-state index in [1.807, 2.05) is 42.5 Å². The van der Waals surface area contributed by atoms with Gasteiger partial charge in [-0.3, -0.25) is 29.0 Å². The molecule has 5 atom stereocenters. The van der Waals surface area contributed by atoms with Gasteiger partial charge in [0.15, 0.2) is 5.96 Å². The SMILES string of the molecule is C[C@@H]1NC(=O)[C@@H](Cc2ccc(O)cc2)NC(=O)[C@@H]2CCCN2C(=O)[C@H](Cc2ccc3ccccc3c2)NC(=O)[C@H](CCCN=C(N)N)N(C)C1=O. The summed E-state index contributed by atoms with van der Waals surface area (Å²) in [4.78, 5) is 76.7. The zero-order chi connectivity index (χ0) is 36.7. The topological polar surface area (TPSA) is 213 Å². The van der Waals surface area contributed by atoms with E-state index in [4.69, 9.17) is 11.5 Å². The smallest absolute Gasteiger partial charge is 0.246 e. The Morgan fingerprint density at radius 2 is 1.49 bits per heavy atom. The van der Waals surface area contributed by atoms with Gasteiger partial charge in [0.05, 0.1) is 0 Å². The number of carbonyl (C=O) groups is 5. The van der Waals surface area contributed by atoms with Crippen LogP contribution in [0.5, 0.6) is 5.75 Å². The molecule has 14 heteroatoms. The van der Waals surface area contributed by atoms with E-state index < -0.39 is 59.7 Å². The third kappa shape index (κ3) is 9.12. The van der Waals surface area contributed by atoms with Crippen molar-refractivity contribution >= 4 is 46.3 Å². The molecule has 0 aliphatic carbocycles. The fraction of sp³-hybridized carbons (Fsp3) is 0.405. The van der Waals surface area contributed by atoms with E-state index in [9.17, 15) is 29.1 Å². The van der Waals surface area contributed by atoms with E-state index in [1.165, 1.54) is 35.9 Å². The van der Waals surface area contributed by atoms with Gasteiger partial charge in [0.1, 0.15) is 36.0 Å². The highest BCUT2D eigenvalue weighted by Gasteiger charge is 2.41. The Bertz CT molecular complexity index is 1790. The molecule has 0 radical (unpaired) electrons. The Morgan fingerprint density at radius 1 is 0.824 bits per heavy atom. The predicted octanol–water partition coefficient (Wildman–Crippen LogP) is 0.690. The number of phenols is 1. The van der Waals surface area contributed by atoms with Crippen molar-refractivity contribution < 1.29 is 29.1 Å². The van der Waals surface area contributed by atoms with E-state index >= 15 is 0 Å². The van der Waals surface area contributed by atoms with Crippen LogP contribution in [0.2, 0.25) is 0 Å². The van der Waals surface area contributed by atoms with Crippen LogP contribution in [0.3, 0.4) is 0 Å². The summed E-state index contributed by atoms with van der Waals surface area (Å²) in [6.45, 7) is 2.00. The molecule has 0 aromatic heterocycles. The number of aromatic hydroxyl groups is 1. The molecule has 0 spiro atoms. The van der Waals surface area contributed by atoms with E-state index in [1.54, 1.807) is 12.1 Å². The van der Waals surface area contributed by atoms with Crippen LogP contribution in [0, 0.1) is 0 Å². The largest absolute Gasteiger partial charge is 0.508 e. The molecule has 2 fully saturated rings. The molecule has 3 aromatic rings. The lowest BCUT2D eigenvalue weighted by atomic mass is 9.99. The number of benzene rings is 3. The van der Waals surface area contributed by atoms with E-state index in [0.29, 0.717) is 24.8 Å². The number of nitrogens with one attached hydrogen (secondary N) is 3. The number of phenolic OH excluding ortho intramolecular Hbond substituents is 1. The Balaban J connectivity index is 1.52. The average Bonchev–Trinajstić information content (AvgIpc) is 3.61. The van der Waals surface area contributed by atoms with Crippen molar-refractivity contribution in [1.29, 1.82) is 0 Å². The van der Waals surface area contributed by atoms with Crippen LogP contribution in [-0.2, 0) is 36.8 Å². The molecule has 5 rings (SSSR count). The van der Waals surface area contributed by atoms with Gasteiger partial charge in [-0.2, -0.15) is 0 Å². The number of fused-ring (bicyclic) bond motifs is 2. The van der Waals surface area contributed by atoms with Crippen LogP contribution >= 0.6 is 0 Å². The molecule has 3 aromatic carbocycles. The number of likely N-dealkylation sites (N-methyl/N-ethyl adjacent to an activating group) is 1. The van der Waals surface area contributed by atoms with Crippen LogP contribution < -0.4 is 27.4 Å². The molecule has 0 saturated carbocycles. The van der Waals surface area contributed by atoms with Gasteiger partial charge in [0.25, 0.3) is 0 Å². The van der Waals surface area contributed by atoms with Gasteiger partial charge in [-0.25, -0.2) is 0 Å². The van der Waals surface area contributed by atoms with Crippen LogP contribution in [0.25, 0.3) is 10.8 Å². The van der Waals surface area contributed by atoms with Gasteiger partial charge in [-0.15, -0.1) is 0 Å². The molecule has 2 heterocycles. The first-order valence-corrected chi connectivity index (χ1v) is 17.2. The summed E-state index contributed by atoms with van der Waals surface area (Å²) in [7, 11) is 1.47. The van der Waals surface area contributed by atoms with E-state index in [2.05, 4.69) is 20.9 Å². The highest BCUT2D eigenvalue weighted by molar-refractivity contribution is 5.98. The maximum Gasteiger partial charge on any atom is 0.246 e. The third-order valence-corrected chi connectivity index (χ3v) is 9.49. The zero-order valence-corrected chi connectivity index (χ0v) is 28.9. The molecule has 2 saturated heterocycles. The summed E-state index contributed by atoms with van der Waals surface area (Å²) in [5, 5.41) is 20.2. The van der Waals surface area contributed by atoms with Crippen LogP contribution in [0.4, 0.5) is 0 Å². The molecule has 2 aliphatic rings. The number of amides is 5. The van der Waals surface area contributed by atoms with Crippen LogP contribution in [0.15, 0.2) is 71.7 Å². The molecule has 0 bridgehead atoms. The molecular weight excluding hydrogens is 652 g/mol. The molecule has 0 unspecified atom stereocenters. The number of hydrogen-bond acceptors (Lipinski definition) is 7. The van der Waals surface area contributed by atoms with Crippen molar-refractivity contribution in [3.8, 4) is 5.75 Å². The van der Waals surface area contributed by atoms with Crippen molar-refractivity contribution in [2.24, 2.45) is 16.5 Å².